The molecule has 0 fully saturated rings. The minimum atomic E-state index is 0.862. The monoisotopic (exact) mass is 341 g/mol. The molecule has 0 unspecified atom stereocenters. The zero-order valence-corrected chi connectivity index (χ0v) is 13.6. The topological polar surface area (TPSA) is 14.2 Å². The summed E-state index contributed by atoms with van der Waals surface area (Å²) in [6, 6.07) is 20.7. The van der Waals surface area contributed by atoms with E-state index >= 15 is 0 Å². The Morgan fingerprint density at radius 3 is 2.52 bits per heavy atom. The lowest BCUT2D eigenvalue weighted by Gasteiger charge is -2.13. The molecule has 0 spiro atoms. The molecule has 0 aliphatic rings. The summed E-state index contributed by atoms with van der Waals surface area (Å²) in [6.07, 6.45) is 0. The lowest BCUT2D eigenvalue weighted by Crippen LogP contribution is -1.99. The Balaban J connectivity index is 2.17. The maximum atomic E-state index is 5.34. The number of hydrogen-bond donors (Lipinski definition) is 0. The van der Waals surface area contributed by atoms with Gasteiger partial charge in [0, 0.05) is 21.9 Å². The van der Waals surface area contributed by atoms with E-state index in [-0.39, 0.29) is 0 Å². The molecule has 3 heteroatoms. The second-order valence-electron chi connectivity index (χ2n) is 4.91. The van der Waals surface area contributed by atoms with Crippen LogP contribution in [0.4, 0.5) is 0 Å². The first-order valence-electron chi connectivity index (χ1n) is 6.78. The van der Waals surface area contributed by atoms with Crippen molar-refractivity contribution in [3.05, 3.63) is 70.8 Å². The highest BCUT2D eigenvalue weighted by Gasteiger charge is 2.10. The summed E-state index contributed by atoms with van der Waals surface area (Å²) in [5, 5.41) is 0. The molecule has 0 amide bonds. The van der Waals surface area contributed by atoms with Crippen LogP contribution in [0.2, 0.25) is 0 Å². The van der Waals surface area contributed by atoms with Gasteiger partial charge in [0.25, 0.3) is 0 Å². The lowest BCUT2D eigenvalue weighted by molar-refractivity contribution is 0.414. The summed E-state index contributed by atoms with van der Waals surface area (Å²) in [6.45, 7) is 2.11. The molecule has 2 aromatic carbocycles. The van der Waals surface area contributed by atoms with Crippen LogP contribution in [0.25, 0.3) is 16.9 Å². The number of aromatic nitrogens is 1. The minimum absolute atomic E-state index is 0.862. The van der Waals surface area contributed by atoms with Gasteiger partial charge in [-0.2, -0.15) is 0 Å². The van der Waals surface area contributed by atoms with Gasteiger partial charge < -0.3 is 9.30 Å². The molecule has 0 bridgehead atoms. The van der Waals surface area contributed by atoms with Gasteiger partial charge >= 0.3 is 0 Å². The molecule has 3 aromatic rings. The average molecular weight is 342 g/mol. The predicted octanol–water partition coefficient (Wildman–Crippen LogP) is 5.22. The second-order valence-corrected chi connectivity index (χ2v) is 5.82. The van der Waals surface area contributed by atoms with E-state index in [0.29, 0.717) is 0 Å². The van der Waals surface area contributed by atoms with Gasteiger partial charge in [0.1, 0.15) is 5.75 Å². The van der Waals surface area contributed by atoms with Crippen LogP contribution in [0.1, 0.15) is 5.69 Å². The SMILES string of the molecule is COc1cccc(-n2c(C)ccc2-c2cccc(Br)c2)c1. The number of hydrogen-bond acceptors (Lipinski definition) is 1. The quantitative estimate of drug-likeness (QED) is 0.636. The molecule has 0 aliphatic carbocycles. The molecule has 21 heavy (non-hydrogen) atoms. The van der Waals surface area contributed by atoms with Crippen LogP contribution in [0.5, 0.6) is 5.75 Å². The van der Waals surface area contributed by atoms with Gasteiger partial charge in [-0.25, -0.2) is 0 Å². The van der Waals surface area contributed by atoms with Crippen molar-refractivity contribution in [2.45, 2.75) is 6.92 Å². The Labute approximate surface area is 133 Å². The molecular formula is C18H16BrNO. The fraction of sp³-hybridized carbons (Fsp3) is 0.111. The van der Waals surface area contributed by atoms with E-state index in [1.807, 2.05) is 18.2 Å². The Kier molecular flexibility index (Phi) is 3.84. The molecule has 0 saturated carbocycles. The zero-order valence-electron chi connectivity index (χ0n) is 12.0. The fourth-order valence-electron chi connectivity index (χ4n) is 2.50. The van der Waals surface area contributed by atoms with Crippen molar-refractivity contribution >= 4 is 15.9 Å². The fourth-order valence-corrected chi connectivity index (χ4v) is 2.90. The van der Waals surface area contributed by atoms with Crippen LogP contribution in [0.3, 0.4) is 0 Å². The van der Waals surface area contributed by atoms with E-state index in [4.69, 9.17) is 4.74 Å². The van der Waals surface area contributed by atoms with Gasteiger partial charge in [-0.1, -0.05) is 34.1 Å². The molecule has 3 rings (SSSR count). The Hall–Kier alpha value is -2.00. The summed E-state index contributed by atoms with van der Waals surface area (Å²) in [5.41, 5.74) is 4.65. The lowest BCUT2D eigenvalue weighted by atomic mass is 10.1. The first-order chi connectivity index (χ1) is 10.2. The van der Waals surface area contributed by atoms with E-state index < -0.39 is 0 Å². The van der Waals surface area contributed by atoms with E-state index in [2.05, 4.69) is 69.9 Å². The highest BCUT2D eigenvalue weighted by Crippen LogP contribution is 2.29. The summed E-state index contributed by atoms with van der Waals surface area (Å²) in [7, 11) is 1.69. The van der Waals surface area contributed by atoms with Gasteiger partial charge in [-0.05, 0) is 48.9 Å². The first kappa shape index (κ1) is 14.0. The third-order valence-corrected chi connectivity index (χ3v) is 4.00. The molecule has 2 nitrogen and oxygen atoms in total. The highest BCUT2D eigenvalue weighted by atomic mass is 79.9. The van der Waals surface area contributed by atoms with Crippen molar-refractivity contribution in [3.63, 3.8) is 0 Å². The van der Waals surface area contributed by atoms with Crippen molar-refractivity contribution in [2.75, 3.05) is 7.11 Å². The minimum Gasteiger partial charge on any atom is -0.497 e. The van der Waals surface area contributed by atoms with E-state index in [1.54, 1.807) is 7.11 Å². The standard InChI is InChI=1S/C18H16BrNO/c1-13-9-10-18(14-5-3-6-15(19)11-14)20(13)16-7-4-8-17(12-16)21-2/h3-12H,1-2H3. The third-order valence-electron chi connectivity index (χ3n) is 3.51. The van der Waals surface area contributed by atoms with Crippen molar-refractivity contribution in [1.29, 1.82) is 0 Å². The van der Waals surface area contributed by atoms with Gasteiger partial charge in [0.15, 0.2) is 0 Å². The number of ether oxygens (including phenoxy) is 1. The maximum absolute atomic E-state index is 5.34. The third kappa shape index (κ3) is 2.74. The highest BCUT2D eigenvalue weighted by molar-refractivity contribution is 9.10. The van der Waals surface area contributed by atoms with Gasteiger partial charge in [-0.15, -0.1) is 0 Å². The van der Waals surface area contributed by atoms with E-state index in [1.165, 1.54) is 17.0 Å². The Bertz CT molecular complexity index is 776. The molecule has 0 aliphatic heterocycles. The smallest absolute Gasteiger partial charge is 0.120 e. The summed E-state index contributed by atoms with van der Waals surface area (Å²) in [4.78, 5) is 0. The molecule has 1 heterocycles. The van der Waals surface area contributed by atoms with Crippen molar-refractivity contribution in [2.24, 2.45) is 0 Å². The Morgan fingerprint density at radius 2 is 1.76 bits per heavy atom. The van der Waals surface area contributed by atoms with E-state index in [0.717, 1.165) is 15.9 Å². The molecule has 1 aromatic heterocycles. The molecule has 0 saturated heterocycles. The van der Waals surface area contributed by atoms with Gasteiger partial charge in [0.2, 0.25) is 0 Å². The second kappa shape index (κ2) is 5.78. The van der Waals surface area contributed by atoms with Crippen LogP contribution < -0.4 is 4.74 Å². The summed E-state index contributed by atoms with van der Waals surface area (Å²) >= 11 is 3.54. The molecule has 0 radical (unpaired) electrons. The normalized spacial score (nSPS) is 10.6. The maximum Gasteiger partial charge on any atom is 0.120 e. The molecule has 106 valence electrons. The Morgan fingerprint density at radius 1 is 0.952 bits per heavy atom. The van der Waals surface area contributed by atoms with Crippen LogP contribution >= 0.6 is 15.9 Å². The average Bonchev–Trinajstić information content (AvgIpc) is 2.89. The number of aryl methyl sites for hydroxylation is 1. The van der Waals surface area contributed by atoms with Crippen LogP contribution in [-0.4, -0.2) is 11.7 Å². The van der Waals surface area contributed by atoms with Crippen LogP contribution in [0.15, 0.2) is 65.1 Å². The summed E-state index contributed by atoms with van der Waals surface area (Å²) in [5.74, 6) is 0.862. The number of halogens is 1. The number of rotatable bonds is 3. The predicted molar refractivity (Wildman–Crippen MR) is 90.2 cm³/mol. The van der Waals surface area contributed by atoms with Crippen molar-refractivity contribution in [3.8, 4) is 22.7 Å². The van der Waals surface area contributed by atoms with Crippen LogP contribution in [0, 0.1) is 6.92 Å². The van der Waals surface area contributed by atoms with Gasteiger partial charge in [0.05, 0.1) is 12.8 Å². The number of benzene rings is 2. The van der Waals surface area contributed by atoms with Gasteiger partial charge in [-0.3, -0.25) is 0 Å². The molecule has 0 N–H and O–H groups in total. The van der Waals surface area contributed by atoms with Crippen molar-refractivity contribution < 1.29 is 4.74 Å². The summed E-state index contributed by atoms with van der Waals surface area (Å²) < 4.78 is 8.66. The molecular weight excluding hydrogens is 326 g/mol. The number of nitrogens with zero attached hydrogens (tertiary/aromatic N) is 1. The first-order valence-corrected chi connectivity index (χ1v) is 7.57. The molecule has 0 atom stereocenters. The van der Waals surface area contributed by atoms with Crippen molar-refractivity contribution in [1.82, 2.24) is 4.57 Å². The zero-order chi connectivity index (χ0) is 14.8. The number of methoxy groups -OCH3 is 1. The van der Waals surface area contributed by atoms with Crippen LogP contribution in [-0.2, 0) is 0 Å². The largest absolute Gasteiger partial charge is 0.497 e. The van der Waals surface area contributed by atoms with E-state index in [9.17, 15) is 0 Å².